The number of halogens is 1. The standard InChI is InChI=1S/C14H21ClN6O2/c1-14(2,3)23-13(22)20-6-4-5-9(7-20)21-12-10(18-19-21)11(15)16-8-17-12/h8-9,18-19H,4-7H2,1-3H3. The van der Waals surface area contributed by atoms with Crippen LogP contribution in [0.3, 0.4) is 0 Å². The number of fused-ring (bicyclic) bond motifs is 1. The molecule has 126 valence electrons. The summed E-state index contributed by atoms with van der Waals surface area (Å²) in [6, 6.07) is 0.0796. The number of nitrogens with zero attached hydrogens (tertiary/aromatic N) is 4. The second-order valence-electron chi connectivity index (χ2n) is 6.69. The van der Waals surface area contributed by atoms with Crippen LogP contribution < -0.4 is 16.0 Å². The van der Waals surface area contributed by atoms with Gasteiger partial charge in [-0.3, -0.25) is 10.4 Å². The Morgan fingerprint density at radius 3 is 2.96 bits per heavy atom. The van der Waals surface area contributed by atoms with E-state index in [9.17, 15) is 4.79 Å². The summed E-state index contributed by atoms with van der Waals surface area (Å²) in [7, 11) is 0. The molecule has 1 unspecified atom stereocenters. The first-order valence-corrected chi connectivity index (χ1v) is 8.02. The Morgan fingerprint density at radius 1 is 1.43 bits per heavy atom. The lowest BCUT2D eigenvalue weighted by atomic mass is 10.1. The minimum absolute atomic E-state index is 0.0796. The quantitative estimate of drug-likeness (QED) is 0.758. The zero-order valence-electron chi connectivity index (χ0n) is 13.5. The number of hydrogen-bond donors (Lipinski definition) is 2. The highest BCUT2D eigenvalue weighted by molar-refractivity contribution is 6.32. The molecule has 0 spiro atoms. The maximum absolute atomic E-state index is 12.3. The zero-order chi connectivity index (χ0) is 16.6. The van der Waals surface area contributed by atoms with E-state index in [0.29, 0.717) is 29.7 Å². The van der Waals surface area contributed by atoms with Gasteiger partial charge in [-0.2, -0.15) is 0 Å². The number of anilines is 2. The van der Waals surface area contributed by atoms with E-state index in [4.69, 9.17) is 16.3 Å². The number of hydrogen-bond acceptors (Lipinski definition) is 7. The molecule has 1 aromatic heterocycles. The van der Waals surface area contributed by atoms with Gasteiger partial charge in [-0.25, -0.2) is 14.8 Å². The summed E-state index contributed by atoms with van der Waals surface area (Å²) < 4.78 is 5.46. The van der Waals surface area contributed by atoms with Gasteiger partial charge in [-0.15, -0.1) is 5.53 Å². The first-order valence-electron chi connectivity index (χ1n) is 7.64. The van der Waals surface area contributed by atoms with Crippen LogP contribution in [0.25, 0.3) is 0 Å². The van der Waals surface area contributed by atoms with Crippen LogP contribution in [0.4, 0.5) is 16.3 Å². The highest BCUT2D eigenvalue weighted by Crippen LogP contribution is 2.34. The fourth-order valence-electron chi connectivity index (χ4n) is 2.74. The summed E-state index contributed by atoms with van der Waals surface area (Å²) in [5, 5.41) is 2.27. The summed E-state index contributed by atoms with van der Waals surface area (Å²) in [6.07, 6.45) is 2.98. The van der Waals surface area contributed by atoms with Gasteiger partial charge in [0.25, 0.3) is 0 Å². The summed E-state index contributed by atoms with van der Waals surface area (Å²) in [5.41, 5.74) is 6.20. The van der Waals surface area contributed by atoms with E-state index in [1.54, 1.807) is 4.90 Å². The second kappa shape index (κ2) is 6.01. The monoisotopic (exact) mass is 340 g/mol. The Bertz CT molecular complexity index is 605. The number of hydrazine groups is 2. The largest absolute Gasteiger partial charge is 0.444 e. The molecule has 1 saturated heterocycles. The fourth-order valence-corrected chi connectivity index (χ4v) is 2.91. The van der Waals surface area contributed by atoms with Gasteiger partial charge in [0.05, 0.1) is 6.04 Å². The number of carbonyl (C=O) groups is 1. The SMILES string of the molecule is CC(C)(C)OC(=O)N1CCCC(N2NNc3c(Cl)ncnc32)C1. The smallest absolute Gasteiger partial charge is 0.410 e. The van der Waals surface area contributed by atoms with Crippen LogP contribution >= 0.6 is 11.6 Å². The predicted octanol–water partition coefficient (Wildman–Crippen LogP) is 2.18. The van der Waals surface area contributed by atoms with Crippen LogP contribution in [0.15, 0.2) is 6.33 Å². The summed E-state index contributed by atoms with van der Waals surface area (Å²) in [5.74, 6) is 0.695. The lowest BCUT2D eigenvalue weighted by Gasteiger charge is -2.37. The number of likely N-dealkylation sites (tertiary alicyclic amines) is 1. The van der Waals surface area contributed by atoms with Crippen molar-refractivity contribution in [2.75, 3.05) is 23.5 Å². The number of nitrogens with one attached hydrogen (secondary N) is 2. The highest BCUT2D eigenvalue weighted by Gasteiger charge is 2.35. The van der Waals surface area contributed by atoms with Crippen molar-refractivity contribution in [2.45, 2.75) is 45.3 Å². The zero-order valence-corrected chi connectivity index (χ0v) is 14.2. The molecule has 1 aromatic rings. The van der Waals surface area contributed by atoms with Crippen molar-refractivity contribution in [1.82, 2.24) is 20.4 Å². The van der Waals surface area contributed by atoms with E-state index in [0.717, 1.165) is 12.8 Å². The van der Waals surface area contributed by atoms with Gasteiger partial charge in [-0.1, -0.05) is 11.6 Å². The normalized spacial score (nSPS) is 21.0. The second-order valence-corrected chi connectivity index (χ2v) is 7.05. The maximum atomic E-state index is 12.3. The van der Waals surface area contributed by atoms with Gasteiger partial charge >= 0.3 is 6.09 Å². The van der Waals surface area contributed by atoms with Crippen LogP contribution in [-0.4, -0.2) is 45.7 Å². The first kappa shape index (κ1) is 16.1. The molecule has 9 heteroatoms. The molecule has 3 heterocycles. The molecule has 1 fully saturated rings. The Balaban J connectivity index is 1.71. The third-order valence-corrected chi connectivity index (χ3v) is 4.01. The molecule has 2 N–H and O–H groups in total. The first-order chi connectivity index (χ1) is 10.8. The summed E-state index contributed by atoms with van der Waals surface area (Å²) in [6.45, 7) is 6.86. The minimum Gasteiger partial charge on any atom is -0.444 e. The van der Waals surface area contributed by atoms with Crippen molar-refractivity contribution in [2.24, 2.45) is 0 Å². The molecule has 23 heavy (non-hydrogen) atoms. The van der Waals surface area contributed by atoms with Gasteiger partial charge in [0.15, 0.2) is 11.0 Å². The van der Waals surface area contributed by atoms with Crippen molar-refractivity contribution in [1.29, 1.82) is 0 Å². The molecule has 8 nitrogen and oxygen atoms in total. The summed E-state index contributed by atoms with van der Waals surface area (Å²) >= 11 is 6.06. The highest BCUT2D eigenvalue weighted by atomic mass is 35.5. The van der Waals surface area contributed by atoms with Gasteiger partial charge in [0, 0.05) is 13.1 Å². The molecule has 1 atom stereocenters. The Labute approximate surface area is 140 Å². The number of piperidine rings is 1. The Hall–Kier alpha value is -1.80. The Morgan fingerprint density at radius 2 is 2.22 bits per heavy atom. The topological polar surface area (TPSA) is 82.6 Å². The molecule has 2 aliphatic rings. The molecule has 0 radical (unpaired) electrons. The number of rotatable bonds is 1. The van der Waals surface area contributed by atoms with E-state index in [2.05, 4.69) is 20.9 Å². The van der Waals surface area contributed by atoms with E-state index in [-0.39, 0.29) is 12.1 Å². The maximum Gasteiger partial charge on any atom is 0.410 e. The van der Waals surface area contributed by atoms with Gasteiger partial charge in [0.1, 0.15) is 17.6 Å². The third-order valence-electron chi connectivity index (χ3n) is 3.72. The van der Waals surface area contributed by atoms with Crippen molar-refractivity contribution >= 4 is 29.2 Å². The van der Waals surface area contributed by atoms with Crippen LogP contribution in [-0.2, 0) is 4.74 Å². The number of carbonyl (C=O) groups excluding carboxylic acids is 1. The fraction of sp³-hybridized carbons (Fsp3) is 0.643. The number of aromatic nitrogens is 2. The molecule has 0 bridgehead atoms. The lowest BCUT2D eigenvalue weighted by molar-refractivity contribution is 0.0196. The molecule has 1 amide bonds. The van der Waals surface area contributed by atoms with E-state index in [1.165, 1.54) is 6.33 Å². The van der Waals surface area contributed by atoms with E-state index >= 15 is 0 Å². The number of amides is 1. The summed E-state index contributed by atoms with van der Waals surface area (Å²) in [4.78, 5) is 22.2. The lowest BCUT2D eigenvalue weighted by Crippen LogP contribution is -2.54. The Kier molecular flexibility index (Phi) is 4.20. The van der Waals surface area contributed by atoms with Crippen LogP contribution in [0.5, 0.6) is 0 Å². The average Bonchev–Trinajstić information content (AvgIpc) is 2.91. The molecular formula is C14H21ClN6O2. The van der Waals surface area contributed by atoms with Crippen LogP contribution in [0.2, 0.25) is 5.15 Å². The van der Waals surface area contributed by atoms with Gasteiger partial charge in [-0.05, 0) is 33.6 Å². The minimum atomic E-state index is -0.495. The molecule has 0 aliphatic carbocycles. The average molecular weight is 341 g/mol. The third kappa shape index (κ3) is 3.42. The molecule has 3 rings (SSSR count). The van der Waals surface area contributed by atoms with Crippen molar-refractivity contribution in [3.63, 3.8) is 0 Å². The molecule has 0 aromatic carbocycles. The molecule has 2 aliphatic heterocycles. The van der Waals surface area contributed by atoms with Crippen molar-refractivity contribution in [3.8, 4) is 0 Å². The van der Waals surface area contributed by atoms with E-state index in [1.807, 2.05) is 25.8 Å². The van der Waals surface area contributed by atoms with Crippen molar-refractivity contribution in [3.05, 3.63) is 11.5 Å². The molecular weight excluding hydrogens is 320 g/mol. The van der Waals surface area contributed by atoms with Crippen molar-refractivity contribution < 1.29 is 9.53 Å². The molecule has 0 saturated carbocycles. The van der Waals surface area contributed by atoms with Crippen LogP contribution in [0.1, 0.15) is 33.6 Å². The predicted molar refractivity (Wildman–Crippen MR) is 87.1 cm³/mol. The van der Waals surface area contributed by atoms with Crippen LogP contribution in [0, 0.1) is 0 Å². The van der Waals surface area contributed by atoms with E-state index < -0.39 is 5.60 Å². The van der Waals surface area contributed by atoms with Gasteiger partial charge in [0.2, 0.25) is 0 Å². The number of ether oxygens (including phenoxy) is 1. The van der Waals surface area contributed by atoms with Gasteiger partial charge < -0.3 is 9.64 Å².